The van der Waals surface area contributed by atoms with Gasteiger partial charge in [-0.3, -0.25) is 9.59 Å². The highest BCUT2D eigenvalue weighted by molar-refractivity contribution is 5.95. The molecule has 76 valence electrons. The van der Waals surface area contributed by atoms with Gasteiger partial charge in [0.2, 0.25) is 11.8 Å². The summed E-state index contributed by atoms with van der Waals surface area (Å²) < 4.78 is 0. The number of hydrogen-bond donors (Lipinski definition) is 2. The highest BCUT2D eigenvalue weighted by atomic mass is 16.1. The summed E-state index contributed by atoms with van der Waals surface area (Å²) in [5.74, 6) is 4.19. The van der Waals surface area contributed by atoms with Crippen molar-refractivity contribution >= 4 is 11.8 Å². The molecular weight excluding hydrogens is 192 g/mol. The van der Waals surface area contributed by atoms with Crippen LogP contribution in [0.25, 0.3) is 0 Å². The molecule has 1 aromatic carbocycles. The minimum Gasteiger partial charge on any atom is -0.369 e. The summed E-state index contributed by atoms with van der Waals surface area (Å²) in [4.78, 5) is 21.4. The number of hydrogen-bond acceptors (Lipinski definition) is 2. The highest BCUT2D eigenvalue weighted by Gasteiger charge is 2.03. The third kappa shape index (κ3) is 3.16. The first-order valence-electron chi connectivity index (χ1n) is 4.27. The zero-order valence-electron chi connectivity index (χ0n) is 7.99. The number of carbonyl (C=O) groups is 2. The molecule has 4 N–H and O–H groups in total. The number of benzene rings is 1. The molecule has 15 heavy (non-hydrogen) atoms. The molecule has 2 amide bonds. The van der Waals surface area contributed by atoms with Crippen LogP contribution in [0.3, 0.4) is 0 Å². The van der Waals surface area contributed by atoms with E-state index in [4.69, 9.17) is 11.5 Å². The van der Waals surface area contributed by atoms with Crippen LogP contribution in [0.5, 0.6) is 0 Å². The van der Waals surface area contributed by atoms with Crippen molar-refractivity contribution in [3.05, 3.63) is 35.4 Å². The van der Waals surface area contributed by atoms with Gasteiger partial charge in [-0.25, -0.2) is 0 Å². The summed E-state index contributed by atoms with van der Waals surface area (Å²) in [5, 5.41) is 0. The van der Waals surface area contributed by atoms with E-state index in [0.717, 1.165) is 0 Å². The first-order valence-corrected chi connectivity index (χ1v) is 4.27. The Kier molecular flexibility index (Phi) is 3.47. The Balaban J connectivity index is 2.97. The van der Waals surface area contributed by atoms with Gasteiger partial charge in [-0.2, -0.15) is 0 Å². The Hall–Kier alpha value is -2.28. The molecular formula is C11H10N2O2. The van der Waals surface area contributed by atoms with Crippen molar-refractivity contribution in [2.45, 2.75) is 6.42 Å². The van der Waals surface area contributed by atoms with Gasteiger partial charge in [-0.1, -0.05) is 24.0 Å². The average molecular weight is 202 g/mol. The maximum Gasteiger partial charge on any atom is 0.249 e. The number of rotatable bonds is 2. The Morgan fingerprint density at radius 2 is 1.87 bits per heavy atom. The van der Waals surface area contributed by atoms with Gasteiger partial charge in [-0.05, 0) is 12.1 Å². The molecule has 0 aliphatic rings. The van der Waals surface area contributed by atoms with Gasteiger partial charge < -0.3 is 11.5 Å². The van der Waals surface area contributed by atoms with E-state index in [2.05, 4.69) is 11.8 Å². The summed E-state index contributed by atoms with van der Waals surface area (Å²) in [7, 11) is 0. The van der Waals surface area contributed by atoms with Crippen LogP contribution in [0, 0.1) is 11.8 Å². The second-order valence-electron chi connectivity index (χ2n) is 2.85. The average Bonchev–Trinajstić information content (AvgIpc) is 2.17. The van der Waals surface area contributed by atoms with Crippen LogP contribution in [0.4, 0.5) is 0 Å². The fourth-order valence-electron chi connectivity index (χ4n) is 1.03. The van der Waals surface area contributed by atoms with Crippen LogP contribution in [0.15, 0.2) is 24.3 Å². The summed E-state index contributed by atoms with van der Waals surface area (Å²) in [6.07, 6.45) is -0.0346. The predicted octanol–water partition coefficient (Wildman–Crippen LogP) is 0.0124. The van der Waals surface area contributed by atoms with Gasteiger partial charge in [0.1, 0.15) is 0 Å². The monoisotopic (exact) mass is 202 g/mol. The van der Waals surface area contributed by atoms with Gasteiger partial charge in [-0.15, -0.1) is 0 Å². The molecule has 0 unspecified atom stereocenters. The van der Waals surface area contributed by atoms with Crippen molar-refractivity contribution in [1.29, 1.82) is 0 Å². The second kappa shape index (κ2) is 4.82. The van der Waals surface area contributed by atoms with E-state index >= 15 is 0 Å². The van der Waals surface area contributed by atoms with Crippen molar-refractivity contribution in [2.24, 2.45) is 11.5 Å². The molecule has 0 saturated carbocycles. The lowest BCUT2D eigenvalue weighted by molar-refractivity contribution is -0.117. The van der Waals surface area contributed by atoms with Gasteiger partial charge in [0.15, 0.2) is 0 Å². The van der Waals surface area contributed by atoms with E-state index in [1.54, 1.807) is 24.3 Å². The Morgan fingerprint density at radius 3 is 2.47 bits per heavy atom. The number of nitrogens with two attached hydrogens (primary N) is 2. The Bertz CT molecular complexity index is 455. The lowest BCUT2D eigenvalue weighted by atomic mass is 10.1. The van der Waals surface area contributed by atoms with Crippen molar-refractivity contribution in [3.63, 3.8) is 0 Å². The molecule has 0 aliphatic heterocycles. The third-order valence-electron chi connectivity index (χ3n) is 1.68. The zero-order chi connectivity index (χ0) is 11.3. The van der Waals surface area contributed by atoms with Crippen LogP contribution >= 0.6 is 0 Å². The minimum atomic E-state index is -0.543. The smallest absolute Gasteiger partial charge is 0.249 e. The van der Waals surface area contributed by atoms with E-state index in [9.17, 15) is 9.59 Å². The van der Waals surface area contributed by atoms with E-state index in [0.29, 0.717) is 11.1 Å². The molecule has 0 radical (unpaired) electrons. The van der Waals surface area contributed by atoms with Crippen LogP contribution in [0.2, 0.25) is 0 Å². The van der Waals surface area contributed by atoms with Gasteiger partial charge >= 0.3 is 0 Å². The molecule has 0 spiro atoms. The zero-order valence-corrected chi connectivity index (χ0v) is 7.99. The first kappa shape index (κ1) is 10.8. The number of primary amides is 2. The standard InChI is InChI=1S/C11H10N2O2/c12-10(14)7-3-5-8-4-1-2-6-9(8)11(13)15/h1-2,4,6H,7H2,(H2,12,14)(H2,13,15). The molecule has 0 bridgehead atoms. The molecule has 1 aromatic rings. The molecule has 0 saturated heterocycles. The molecule has 0 heterocycles. The molecule has 4 nitrogen and oxygen atoms in total. The fraction of sp³-hybridized carbons (Fsp3) is 0.0909. The van der Waals surface area contributed by atoms with E-state index < -0.39 is 11.8 Å². The summed E-state index contributed by atoms with van der Waals surface area (Å²) in [6.45, 7) is 0. The molecule has 4 heteroatoms. The normalized spacial score (nSPS) is 8.80. The predicted molar refractivity (Wildman–Crippen MR) is 55.6 cm³/mol. The van der Waals surface area contributed by atoms with Gasteiger partial charge in [0, 0.05) is 5.56 Å². The topological polar surface area (TPSA) is 86.2 Å². The fourth-order valence-corrected chi connectivity index (χ4v) is 1.03. The lowest BCUT2D eigenvalue weighted by Crippen LogP contribution is -2.12. The Morgan fingerprint density at radius 1 is 1.20 bits per heavy atom. The molecule has 1 rings (SSSR count). The second-order valence-corrected chi connectivity index (χ2v) is 2.85. The minimum absolute atomic E-state index is 0.0346. The van der Waals surface area contributed by atoms with Crippen LogP contribution in [0.1, 0.15) is 22.3 Å². The van der Waals surface area contributed by atoms with E-state index in [1.165, 1.54) is 0 Å². The van der Waals surface area contributed by atoms with Crippen LogP contribution < -0.4 is 11.5 Å². The highest BCUT2D eigenvalue weighted by Crippen LogP contribution is 2.05. The number of amides is 2. The maximum atomic E-state index is 11.0. The largest absolute Gasteiger partial charge is 0.369 e. The van der Waals surface area contributed by atoms with Gasteiger partial charge in [0.25, 0.3) is 0 Å². The number of carbonyl (C=O) groups excluding carboxylic acids is 2. The lowest BCUT2D eigenvalue weighted by Gasteiger charge is -1.97. The van der Waals surface area contributed by atoms with Gasteiger partial charge in [0.05, 0.1) is 12.0 Å². The van der Waals surface area contributed by atoms with Crippen molar-refractivity contribution in [3.8, 4) is 11.8 Å². The maximum absolute atomic E-state index is 11.0. The van der Waals surface area contributed by atoms with Crippen molar-refractivity contribution in [1.82, 2.24) is 0 Å². The summed E-state index contributed by atoms with van der Waals surface area (Å²) in [6, 6.07) is 6.67. The van der Waals surface area contributed by atoms with E-state index in [-0.39, 0.29) is 6.42 Å². The molecule has 0 atom stereocenters. The Labute approximate surface area is 87.3 Å². The van der Waals surface area contributed by atoms with Crippen LogP contribution in [-0.2, 0) is 4.79 Å². The van der Waals surface area contributed by atoms with Crippen molar-refractivity contribution < 1.29 is 9.59 Å². The molecule has 0 aliphatic carbocycles. The molecule has 0 fully saturated rings. The molecule has 0 aromatic heterocycles. The summed E-state index contributed by atoms with van der Waals surface area (Å²) in [5.41, 5.74) is 10.9. The first-order chi connectivity index (χ1) is 7.11. The quantitative estimate of drug-likeness (QED) is 0.662. The summed E-state index contributed by atoms with van der Waals surface area (Å²) >= 11 is 0. The van der Waals surface area contributed by atoms with Crippen molar-refractivity contribution in [2.75, 3.05) is 0 Å². The van der Waals surface area contributed by atoms with E-state index in [1.807, 2.05) is 0 Å². The van der Waals surface area contributed by atoms with Crippen LogP contribution in [-0.4, -0.2) is 11.8 Å². The SMILES string of the molecule is NC(=O)CC#Cc1ccccc1C(N)=O. The third-order valence-corrected chi connectivity index (χ3v) is 1.68.